The third kappa shape index (κ3) is 3.04. The summed E-state index contributed by atoms with van der Waals surface area (Å²) in [5, 5.41) is 3.19. The zero-order chi connectivity index (χ0) is 12.4. The molecule has 1 aliphatic carbocycles. The average Bonchev–Trinajstić information content (AvgIpc) is 3.10. The Kier molecular flexibility index (Phi) is 3.79. The second kappa shape index (κ2) is 5.14. The van der Waals surface area contributed by atoms with Gasteiger partial charge in [0.2, 0.25) is 0 Å². The third-order valence-corrected chi connectivity index (χ3v) is 3.38. The molecule has 5 heteroatoms. The number of esters is 1. The summed E-state index contributed by atoms with van der Waals surface area (Å²) in [6.45, 7) is 0. The summed E-state index contributed by atoms with van der Waals surface area (Å²) in [5.74, 6) is -0.695. The maximum atomic E-state index is 13.0. The van der Waals surface area contributed by atoms with Crippen LogP contribution in [0.5, 0.6) is 0 Å². The minimum Gasteiger partial charge on any atom is -0.468 e. The number of carbonyl (C=O) groups is 1. The summed E-state index contributed by atoms with van der Waals surface area (Å²) in [7, 11) is 1.35. The van der Waals surface area contributed by atoms with Gasteiger partial charge in [-0.1, -0.05) is 22.0 Å². The Hall–Kier alpha value is -0.940. The van der Waals surface area contributed by atoms with E-state index in [1.807, 2.05) is 0 Å². The maximum absolute atomic E-state index is 13.0. The normalized spacial score (nSPS) is 16.6. The molecule has 1 aliphatic rings. The van der Waals surface area contributed by atoms with E-state index in [9.17, 15) is 9.18 Å². The number of hydrogen-bond acceptors (Lipinski definition) is 3. The highest BCUT2D eigenvalue weighted by atomic mass is 79.9. The first-order valence-corrected chi connectivity index (χ1v) is 6.20. The Morgan fingerprint density at radius 2 is 2.29 bits per heavy atom. The largest absolute Gasteiger partial charge is 0.468 e. The average molecular weight is 302 g/mol. The van der Waals surface area contributed by atoms with Crippen molar-refractivity contribution in [2.24, 2.45) is 0 Å². The van der Waals surface area contributed by atoms with E-state index in [1.54, 1.807) is 6.07 Å². The van der Waals surface area contributed by atoms with Gasteiger partial charge in [0.05, 0.1) is 7.11 Å². The summed E-state index contributed by atoms with van der Waals surface area (Å²) in [6, 6.07) is 4.10. The van der Waals surface area contributed by atoms with Crippen LogP contribution in [0.25, 0.3) is 0 Å². The molecule has 0 aliphatic heterocycles. The lowest BCUT2D eigenvalue weighted by Gasteiger charge is -2.17. The van der Waals surface area contributed by atoms with Crippen LogP contribution in [0, 0.1) is 5.82 Å². The molecular formula is C12H13BrFNO2. The standard InChI is InChI=1S/C12H13BrFNO2/c1-17-12(16)11(15-8-3-4-8)9-5-2-7(14)6-10(9)13/h2,5-6,8,11,15H,3-4H2,1H3. The highest BCUT2D eigenvalue weighted by Gasteiger charge is 2.31. The molecule has 1 aromatic rings. The molecule has 0 aromatic heterocycles. The Morgan fingerprint density at radius 3 is 2.82 bits per heavy atom. The fourth-order valence-corrected chi connectivity index (χ4v) is 2.20. The summed E-state index contributed by atoms with van der Waals surface area (Å²) in [6.07, 6.45) is 2.12. The second-order valence-corrected chi connectivity index (χ2v) is 4.92. The Labute approximate surface area is 107 Å². The molecule has 0 amide bonds. The lowest BCUT2D eigenvalue weighted by Crippen LogP contribution is -2.31. The quantitative estimate of drug-likeness (QED) is 0.869. The van der Waals surface area contributed by atoms with E-state index in [1.165, 1.54) is 19.2 Å². The number of benzene rings is 1. The number of ether oxygens (including phenoxy) is 1. The van der Waals surface area contributed by atoms with Gasteiger partial charge in [-0.05, 0) is 30.5 Å². The molecule has 0 radical (unpaired) electrons. The molecule has 0 spiro atoms. The van der Waals surface area contributed by atoms with Crippen LogP contribution in [0.1, 0.15) is 24.4 Å². The molecule has 1 atom stereocenters. The van der Waals surface area contributed by atoms with Crippen molar-refractivity contribution < 1.29 is 13.9 Å². The second-order valence-electron chi connectivity index (χ2n) is 4.06. The molecule has 0 heterocycles. The van der Waals surface area contributed by atoms with Crippen LogP contribution < -0.4 is 5.32 Å². The van der Waals surface area contributed by atoms with E-state index < -0.39 is 6.04 Å². The molecule has 1 unspecified atom stereocenters. The summed E-state index contributed by atoms with van der Waals surface area (Å²) < 4.78 is 18.3. The van der Waals surface area contributed by atoms with Crippen LogP contribution in [-0.2, 0) is 9.53 Å². The highest BCUT2D eigenvalue weighted by Crippen LogP contribution is 2.29. The number of nitrogens with one attached hydrogen (secondary N) is 1. The van der Waals surface area contributed by atoms with Crippen molar-refractivity contribution in [3.8, 4) is 0 Å². The van der Waals surface area contributed by atoms with E-state index >= 15 is 0 Å². The minimum atomic E-state index is -0.539. The summed E-state index contributed by atoms with van der Waals surface area (Å²) >= 11 is 3.27. The van der Waals surface area contributed by atoms with Crippen molar-refractivity contribution in [1.82, 2.24) is 5.32 Å². The fourth-order valence-electron chi connectivity index (χ4n) is 1.62. The fraction of sp³-hybridized carbons (Fsp3) is 0.417. The topological polar surface area (TPSA) is 38.3 Å². The molecule has 92 valence electrons. The first-order chi connectivity index (χ1) is 8.11. The Morgan fingerprint density at radius 1 is 1.59 bits per heavy atom. The molecule has 17 heavy (non-hydrogen) atoms. The van der Waals surface area contributed by atoms with E-state index in [4.69, 9.17) is 4.74 Å². The van der Waals surface area contributed by atoms with Crippen molar-refractivity contribution >= 4 is 21.9 Å². The molecule has 1 N–H and O–H groups in total. The summed E-state index contributed by atoms with van der Waals surface area (Å²) in [5.41, 5.74) is 0.699. The van der Waals surface area contributed by atoms with E-state index in [0.717, 1.165) is 12.8 Å². The third-order valence-electron chi connectivity index (χ3n) is 2.69. The van der Waals surface area contributed by atoms with Crippen molar-refractivity contribution in [1.29, 1.82) is 0 Å². The number of methoxy groups -OCH3 is 1. The summed E-state index contributed by atoms with van der Waals surface area (Å²) in [4.78, 5) is 11.7. The number of halogens is 2. The van der Waals surface area contributed by atoms with Crippen molar-refractivity contribution in [2.75, 3.05) is 7.11 Å². The number of rotatable bonds is 4. The van der Waals surface area contributed by atoms with Crippen LogP contribution in [-0.4, -0.2) is 19.1 Å². The van der Waals surface area contributed by atoms with Gasteiger partial charge in [-0.3, -0.25) is 5.32 Å². The van der Waals surface area contributed by atoms with Gasteiger partial charge in [-0.2, -0.15) is 0 Å². The first-order valence-electron chi connectivity index (χ1n) is 5.40. The highest BCUT2D eigenvalue weighted by molar-refractivity contribution is 9.10. The van der Waals surface area contributed by atoms with Gasteiger partial charge in [-0.15, -0.1) is 0 Å². The van der Waals surface area contributed by atoms with E-state index in [0.29, 0.717) is 16.1 Å². The van der Waals surface area contributed by atoms with Crippen molar-refractivity contribution in [3.63, 3.8) is 0 Å². The molecular weight excluding hydrogens is 289 g/mol. The van der Waals surface area contributed by atoms with Crippen LogP contribution in [0.2, 0.25) is 0 Å². The van der Waals surface area contributed by atoms with Gasteiger partial charge in [0, 0.05) is 10.5 Å². The van der Waals surface area contributed by atoms with Gasteiger partial charge in [0.15, 0.2) is 0 Å². The zero-order valence-electron chi connectivity index (χ0n) is 9.37. The molecule has 1 fully saturated rings. The van der Waals surface area contributed by atoms with Crippen LogP contribution >= 0.6 is 15.9 Å². The molecule has 3 nitrogen and oxygen atoms in total. The molecule has 1 aromatic carbocycles. The van der Waals surface area contributed by atoms with Crippen LogP contribution in [0.3, 0.4) is 0 Å². The van der Waals surface area contributed by atoms with Crippen LogP contribution in [0.4, 0.5) is 4.39 Å². The Balaban J connectivity index is 2.26. The minimum absolute atomic E-state index is 0.337. The predicted molar refractivity (Wildman–Crippen MR) is 65.0 cm³/mol. The van der Waals surface area contributed by atoms with Gasteiger partial charge in [0.25, 0.3) is 0 Å². The maximum Gasteiger partial charge on any atom is 0.327 e. The lowest BCUT2D eigenvalue weighted by molar-refractivity contribution is -0.143. The lowest BCUT2D eigenvalue weighted by atomic mass is 10.1. The SMILES string of the molecule is COC(=O)C(NC1CC1)c1ccc(F)cc1Br. The zero-order valence-corrected chi connectivity index (χ0v) is 11.0. The predicted octanol–water partition coefficient (Wildman–Crippen LogP) is 2.55. The number of hydrogen-bond donors (Lipinski definition) is 1. The van der Waals surface area contributed by atoms with Gasteiger partial charge in [0.1, 0.15) is 11.9 Å². The van der Waals surface area contributed by atoms with E-state index in [2.05, 4.69) is 21.2 Å². The number of carbonyl (C=O) groups excluding carboxylic acids is 1. The smallest absolute Gasteiger partial charge is 0.327 e. The molecule has 1 saturated carbocycles. The molecule has 2 rings (SSSR count). The molecule has 0 saturated heterocycles. The van der Waals surface area contributed by atoms with Gasteiger partial charge >= 0.3 is 5.97 Å². The van der Waals surface area contributed by atoms with Crippen molar-refractivity contribution in [3.05, 3.63) is 34.1 Å². The molecule has 0 bridgehead atoms. The van der Waals surface area contributed by atoms with Crippen molar-refractivity contribution in [2.45, 2.75) is 24.9 Å². The Bertz CT molecular complexity index is 435. The van der Waals surface area contributed by atoms with Gasteiger partial charge in [-0.25, -0.2) is 9.18 Å². The van der Waals surface area contributed by atoms with Gasteiger partial charge < -0.3 is 4.74 Å². The van der Waals surface area contributed by atoms with E-state index in [-0.39, 0.29) is 11.8 Å². The van der Waals surface area contributed by atoms with Crippen LogP contribution in [0.15, 0.2) is 22.7 Å². The monoisotopic (exact) mass is 301 g/mol. The first kappa shape index (κ1) is 12.5.